The van der Waals surface area contributed by atoms with Crippen LogP contribution in [0.25, 0.3) is 11.1 Å². The van der Waals surface area contributed by atoms with E-state index in [2.05, 4.69) is 4.74 Å². The van der Waals surface area contributed by atoms with Crippen molar-refractivity contribution in [1.29, 1.82) is 0 Å². The summed E-state index contributed by atoms with van der Waals surface area (Å²) in [5.41, 5.74) is 2.92. The number of rotatable bonds is 5. The fraction of sp³-hybridized carbons (Fsp3) is 0.118. The van der Waals surface area contributed by atoms with Gasteiger partial charge in [-0.3, -0.25) is 0 Å². The summed E-state index contributed by atoms with van der Waals surface area (Å²) in [6.45, 7) is 0.115. The van der Waals surface area contributed by atoms with Crippen LogP contribution >= 0.6 is 11.6 Å². The molecule has 0 N–H and O–H groups in total. The molecule has 0 radical (unpaired) electrons. The molecule has 2 rings (SSSR count). The molecule has 0 spiro atoms. The summed E-state index contributed by atoms with van der Waals surface area (Å²) in [5.74, 6) is -1.13. The zero-order valence-corrected chi connectivity index (χ0v) is 16.8. The molecular formula is C17H14ClKO4. The molecular weight excluding hydrogens is 343 g/mol. The van der Waals surface area contributed by atoms with Crippen molar-refractivity contribution in [3.8, 4) is 11.1 Å². The first-order chi connectivity index (χ1) is 10.6. The Balaban J connectivity index is 0.00000264. The van der Waals surface area contributed by atoms with Crippen molar-refractivity contribution in [3.63, 3.8) is 0 Å². The SMILES string of the molecule is COC(=O)/C(=C\[O-])OCc1ccc(-c2ccc(Cl)cc2)cc1.[K+]. The quantitative estimate of drug-likeness (QED) is 0.325. The number of benzene rings is 2. The van der Waals surface area contributed by atoms with Gasteiger partial charge in [-0.05, 0) is 28.8 Å². The number of hydrogen-bond donors (Lipinski definition) is 0. The molecule has 0 aliphatic heterocycles. The van der Waals surface area contributed by atoms with Gasteiger partial charge in [0.05, 0.1) is 7.11 Å². The van der Waals surface area contributed by atoms with E-state index in [0.29, 0.717) is 11.3 Å². The van der Waals surface area contributed by atoms with Gasteiger partial charge in [-0.25, -0.2) is 4.79 Å². The third-order valence-corrected chi connectivity index (χ3v) is 3.27. The maximum Gasteiger partial charge on any atom is 1.00 e. The van der Waals surface area contributed by atoms with Gasteiger partial charge in [0.25, 0.3) is 0 Å². The van der Waals surface area contributed by atoms with E-state index in [1.807, 2.05) is 48.5 Å². The molecule has 0 fully saturated rings. The average molecular weight is 357 g/mol. The number of methoxy groups -OCH3 is 1. The van der Waals surface area contributed by atoms with Crippen molar-refractivity contribution in [2.45, 2.75) is 6.61 Å². The Hall–Kier alpha value is -0.824. The molecule has 0 saturated heterocycles. The molecule has 0 atom stereocenters. The molecule has 23 heavy (non-hydrogen) atoms. The van der Waals surface area contributed by atoms with Crippen LogP contribution in [0.15, 0.2) is 60.6 Å². The Morgan fingerprint density at radius 2 is 1.61 bits per heavy atom. The number of hydrogen-bond acceptors (Lipinski definition) is 4. The molecule has 114 valence electrons. The summed E-state index contributed by atoms with van der Waals surface area (Å²) in [6, 6.07) is 15.1. The first-order valence-corrected chi connectivity index (χ1v) is 6.90. The third kappa shape index (κ3) is 5.95. The summed E-state index contributed by atoms with van der Waals surface area (Å²) in [7, 11) is 1.19. The van der Waals surface area contributed by atoms with E-state index in [0.717, 1.165) is 16.7 Å². The van der Waals surface area contributed by atoms with E-state index in [1.165, 1.54) is 7.11 Å². The van der Waals surface area contributed by atoms with E-state index >= 15 is 0 Å². The second-order valence-electron chi connectivity index (χ2n) is 4.47. The van der Waals surface area contributed by atoms with Crippen LogP contribution < -0.4 is 56.5 Å². The molecule has 0 unspecified atom stereocenters. The Kier molecular flexibility index (Phi) is 8.90. The van der Waals surface area contributed by atoms with E-state index in [-0.39, 0.29) is 63.8 Å². The van der Waals surface area contributed by atoms with Gasteiger partial charge in [0, 0.05) is 5.02 Å². The number of ether oxygens (including phenoxy) is 2. The summed E-state index contributed by atoms with van der Waals surface area (Å²) < 4.78 is 9.58. The number of carbonyl (C=O) groups excluding carboxylic acids is 1. The minimum atomic E-state index is -0.784. The molecule has 0 saturated carbocycles. The summed E-state index contributed by atoms with van der Waals surface area (Å²) in [6.07, 6.45) is 0.341. The van der Waals surface area contributed by atoms with Crippen molar-refractivity contribution in [1.82, 2.24) is 0 Å². The molecule has 0 bridgehead atoms. The fourth-order valence-corrected chi connectivity index (χ4v) is 1.96. The third-order valence-electron chi connectivity index (χ3n) is 3.02. The number of carbonyl (C=O) groups is 1. The Morgan fingerprint density at radius 1 is 1.09 bits per heavy atom. The number of halogens is 1. The van der Waals surface area contributed by atoms with Crippen molar-refractivity contribution in [2.24, 2.45) is 0 Å². The average Bonchev–Trinajstić information content (AvgIpc) is 2.56. The normalized spacial score (nSPS) is 10.6. The van der Waals surface area contributed by atoms with Crippen LogP contribution in [0.5, 0.6) is 0 Å². The zero-order chi connectivity index (χ0) is 15.9. The van der Waals surface area contributed by atoms with Gasteiger partial charge in [0.2, 0.25) is 0 Å². The summed E-state index contributed by atoms with van der Waals surface area (Å²) in [5, 5.41) is 11.4. The molecule has 0 amide bonds. The van der Waals surface area contributed by atoms with Crippen molar-refractivity contribution < 1.29 is 70.8 Å². The first kappa shape index (κ1) is 20.2. The molecule has 0 heterocycles. The maximum absolute atomic E-state index is 11.2. The van der Waals surface area contributed by atoms with E-state index in [9.17, 15) is 9.90 Å². The smallest absolute Gasteiger partial charge is 0.875 e. The van der Waals surface area contributed by atoms with Crippen LogP contribution in [0, 0.1) is 0 Å². The van der Waals surface area contributed by atoms with Gasteiger partial charge < -0.3 is 14.6 Å². The number of esters is 1. The molecule has 0 aliphatic carbocycles. The second-order valence-corrected chi connectivity index (χ2v) is 4.90. The zero-order valence-electron chi connectivity index (χ0n) is 12.9. The molecule has 4 nitrogen and oxygen atoms in total. The standard InChI is InChI=1S/C17H15ClO4.K/c1-21-17(20)16(10-19)22-11-12-2-4-13(5-3-12)14-6-8-15(18)9-7-14;/h2-10,19H,11H2,1H3;/q;+1/p-1/b16-10+;. The van der Waals surface area contributed by atoms with Crippen LogP contribution in [-0.4, -0.2) is 13.1 Å². The van der Waals surface area contributed by atoms with E-state index in [1.54, 1.807) is 0 Å². The first-order valence-electron chi connectivity index (χ1n) is 6.52. The topological polar surface area (TPSA) is 58.6 Å². The van der Waals surface area contributed by atoms with Gasteiger partial charge >= 0.3 is 57.4 Å². The predicted molar refractivity (Wildman–Crippen MR) is 81.8 cm³/mol. The van der Waals surface area contributed by atoms with Gasteiger partial charge in [0.15, 0.2) is 5.76 Å². The molecule has 0 aromatic heterocycles. The Morgan fingerprint density at radius 3 is 2.09 bits per heavy atom. The minimum absolute atomic E-state index is 0. The summed E-state index contributed by atoms with van der Waals surface area (Å²) >= 11 is 5.86. The largest absolute Gasteiger partial charge is 1.00 e. The van der Waals surface area contributed by atoms with Crippen LogP contribution in [0.4, 0.5) is 0 Å². The minimum Gasteiger partial charge on any atom is -0.875 e. The van der Waals surface area contributed by atoms with Gasteiger partial charge in [-0.2, -0.15) is 0 Å². The molecule has 0 aliphatic rings. The maximum atomic E-state index is 11.2. The van der Waals surface area contributed by atoms with Gasteiger partial charge in [0.1, 0.15) is 6.61 Å². The molecule has 2 aromatic rings. The molecule has 6 heteroatoms. The van der Waals surface area contributed by atoms with Crippen molar-refractivity contribution >= 4 is 17.6 Å². The van der Waals surface area contributed by atoms with Crippen LogP contribution in [0.3, 0.4) is 0 Å². The van der Waals surface area contributed by atoms with Crippen LogP contribution in [0.2, 0.25) is 5.02 Å². The summed E-state index contributed by atoms with van der Waals surface area (Å²) in [4.78, 5) is 11.2. The van der Waals surface area contributed by atoms with E-state index in [4.69, 9.17) is 16.3 Å². The fourth-order valence-electron chi connectivity index (χ4n) is 1.84. The predicted octanol–water partition coefficient (Wildman–Crippen LogP) is -0.0977. The van der Waals surface area contributed by atoms with Gasteiger partial charge in [-0.15, -0.1) is 0 Å². The van der Waals surface area contributed by atoms with Crippen LogP contribution in [0.1, 0.15) is 5.56 Å². The second kappa shape index (κ2) is 10.1. The van der Waals surface area contributed by atoms with Crippen LogP contribution in [-0.2, 0) is 20.9 Å². The van der Waals surface area contributed by atoms with Crippen molar-refractivity contribution in [2.75, 3.05) is 7.11 Å². The monoisotopic (exact) mass is 356 g/mol. The molecule has 2 aromatic carbocycles. The Labute approximate surface area is 182 Å². The Bertz CT molecular complexity index is 666. The van der Waals surface area contributed by atoms with Crippen molar-refractivity contribution in [3.05, 3.63) is 71.1 Å². The van der Waals surface area contributed by atoms with E-state index < -0.39 is 5.97 Å². The van der Waals surface area contributed by atoms with Gasteiger partial charge in [-0.1, -0.05) is 54.3 Å².